The molecule has 0 saturated heterocycles. The fourth-order valence-corrected chi connectivity index (χ4v) is 4.56. The van der Waals surface area contributed by atoms with Gasteiger partial charge in [-0.2, -0.15) is 0 Å². The summed E-state index contributed by atoms with van der Waals surface area (Å²) < 4.78 is 2.72. The highest BCUT2D eigenvalue weighted by Gasteiger charge is 2.12. The van der Waals surface area contributed by atoms with Crippen LogP contribution in [0.1, 0.15) is 11.1 Å². The molecule has 1 nitrogen and oxygen atoms in total. The fourth-order valence-electron chi connectivity index (χ4n) is 3.46. The molecule has 5 rings (SSSR count). The SMILES string of the molecule is Cc1ccc2[nH]c3c(ccc4sc5ccc(C)cc5c43)c2c1. The lowest BCUT2D eigenvalue weighted by molar-refractivity contribution is 1.49. The summed E-state index contributed by atoms with van der Waals surface area (Å²) in [5, 5.41) is 5.39. The van der Waals surface area contributed by atoms with Crippen LogP contribution in [0.15, 0.2) is 48.5 Å². The molecule has 0 atom stereocenters. The van der Waals surface area contributed by atoms with Crippen LogP contribution in [0.3, 0.4) is 0 Å². The predicted octanol–water partition coefficient (Wildman–Crippen LogP) is 6.31. The Kier molecular flexibility index (Phi) is 2.29. The molecule has 0 amide bonds. The number of aromatic amines is 1. The Morgan fingerprint density at radius 1 is 0.727 bits per heavy atom. The summed E-state index contributed by atoms with van der Waals surface area (Å²) in [5.74, 6) is 0. The molecule has 0 spiro atoms. The summed E-state index contributed by atoms with van der Waals surface area (Å²) in [6.45, 7) is 4.32. The Morgan fingerprint density at radius 3 is 2.32 bits per heavy atom. The van der Waals surface area contributed by atoms with Crippen molar-refractivity contribution < 1.29 is 0 Å². The van der Waals surface area contributed by atoms with E-state index in [2.05, 4.69) is 67.4 Å². The molecule has 2 heteroatoms. The van der Waals surface area contributed by atoms with Gasteiger partial charge in [0.05, 0.1) is 5.52 Å². The zero-order chi connectivity index (χ0) is 14.8. The summed E-state index contributed by atoms with van der Waals surface area (Å²) in [6.07, 6.45) is 0. The quantitative estimate of drug-likeness (QED) is 0.345. The normalized spacial score (nSPS) is 12.1. The van der Waals surface area contributed by atoms with E-state index < -0.39 is 0 Å². The highest BCUT2D eigenvalue weighted by molar-refractivity contribution is 7.26. The lowest BCUT2D eigenvalue weighted by Crippen LogP contribution is -1.73. The number of rotatable bonds is 0. The second-order valence-electron chi connectivity index (χ2n) is 6.14. The molecule has 0 bridgehead atoms. The molecule has 2 heterocycles. The van der Waals surface area contributed by atoms with Crippen LogP contribution in [0.4, 0.5) is 0 Å². The van der Waals surface area contributed by atoms with Gasteiger partial charge < -0.3 is 4.98 Å². The fraction of sp³-hybridized carbons (Fsp3) is 0.100. The van der Waals surface area contributed by atoms with Crippen LogP contribution in [0, 0.1) is 13.8 Å². The van der Waals surface area contributed by atoms with Gasteiger partial charge in [0.25, 0.3) is 0 Å². The van der Waals surface area contributed by atoms with Gasteiger partial charge >= 0.3 is 0 Å². The van der Waals surface area contributed by atoms with Gasteiger partial charge in [0.15, 0.2) is 0 Å². The van der Waals surface area contributed by atoms with Gasteiger partial charge in [0.2, 0.25) is 0 Å². The van der Waals surface area contributed by atoms with Crippen LogP contribution in [-0.4, -0.2) is 4.98 Å². The molecule has 0 aliphatic heterocycles. The number of H-pyrrole nitrogens is 1. The maximum atomic E-state index is 3.65. The molecule has 22 heavy (non-hydrogen) atoms. The Labute approximate surface area is 132 Å². The number of aryl methyl sites for hydroxylation is 2. The van der Waals surface area contributed by atoms with E-state index in [1.54, 1.807) is 0 Å². The van der Waals surface area contributed by atoms with Crippen LogP contribution in [0.25, 0.3) is 42.0 Å². The second kappa shape index (κ2) is 4.11. The molecule has 0 radical (unpaired) electrons. The van der Waals surface area contributed by atoms with Gasteiger partial charge in [0.1, 0.15) is 0 Å². The molecular weight excluding hydrogens is 286 g/mol. The van der Waals surface area contributed by atoms with Gasteiger partial charge in [-0.25, -0.2) is 0 Å². The summed E-state index contributed by atoms with van der Waals surface area (Å²) >= 11 is 1.88. The standard InChI is InChI=1S/C20H15NS/c1-11-3-6-16-14(9-11)13-5-8-18-19(20(13)21-16)15-10-12(2)4-7-17(15)22-18/h3-10,21H,1-2H3. The molecule has 5 aromatic rings. The Bertz CT molecular complexity index is 1190. The Morgan fingerprint density at radius 2 is 1.45 bits per heavy atom. The molecule has 0 saturated carbocycles. The molecule has 106 valence electrons. The number of nitrogens with one attached hydrogen (secondary N) is 1. The third-order valence-electron chi connectivity index (χ3n) is 4.52. The smallest absolute Gasteiger partial charge is 0.0559 e. The van der Waals surface area contributed by atoms with Crippen molar-refractivity contribution in [2.24, 2.45) is 0 Å². The topological polar surface area (TPSA) is 15.8 Å². The van der Waals surface area contributed by atoms with Crippen molar-refractivity contribution in [3.05, 3.63) is 59.7 Å². The summed E-state index contributed by atoms with van der Waals surface area (Å²) in [6, 6.07) is 17.9. The average molecular weight is 301 g/mol. The van der Waals surface area contributed by atoms with E-state index in [1.165, 1.54) is 53.1 Å². The first-order valence-electron chi connectivity index (χ1n) is 7.54. The molecule has 2 aromatic heterocycles. The average Bonchev–Trinajstić information content (AvgIpc) is 3.04. The van der Waals surface area contributed by atoms with Crippen molar-refractivity contribution in [1.82, 2.24) is 4.98 Å². The summed E-state index contributed by atoms with van der Waals surface area (Å²) in [4.78, 5) is 3.65. The maximum absolute atomic E-state index is 3.65. The third-order valence-corrected chi connectivity index (χ3v) is 5.65. The first-order chi connectivity index (χ1) is 10.7. The van der Waals surface area contributed by atoms with Gasteiger partial charge in [-0.15, -0.1) is 11.3 Å². The first kappa shape index (κ1) is 12.2. The van der Waals surface area contributed by atoms with Gasteiger partial charge in [0, 0.05) is 36.5 Å². The molecule has 3 aromatic carbocycles. The summed E-state index contributed by atoms with van der Waals surface area (Å²) in [7, 11) is 0. The Balaban J connectivity index is 2.08. The summed E-state index contributed by atoms with van der Waals surface area (Å²) in [5.41, 5.74) is 5.12. The van der Waals surface area contributed by atoms with Crippen LogP contribution in [0.5, 0.6) is 0 Å². The number of aromatic nitrogens is 1. The minimum atomic E-state index is 1.22. The van der Waals surface area contributed by atoms with Crippen LogP contribution < -0.4 is 0 Å². The Hall–Kier alpha value is -2.32. The van der Waals surface area contributed by atoms with E-state index in [-0.39, 0.29) is 0 Å². The van der Waals surface area contributed by atoms with Gasteiger partial charge in [-0.3, -0.25) is 0 Å². The minimum Gasteiger partial charge on any atom is -0.354 e. The zero-order valence-corrected chi connectivity index (χ0v) is 13.3. The van der Waals surface area contributed by atoms with Crippen LogP contribution in [0.2, 0.25) is 0 Å². The molecule has 0 aliphatic carbocycles. The van der Waals surface area contributed by atoms with Crippen molar-refractivity contribution in [3.63, 3.8) is 0 Å². The van der Waals surface area contributed by atoms with Gasteiger partial charge in [-0.05, 0) is 44.2 Å². The molecule has 0 unspecified atom stereocenters. The van der Waals surface area contributed by atoms with E-state index >= 15 is 0 Å². The molecular formula is C20H15NS. The monoisotopic (exact) mass is 301 g/mol. The molecule has 0 fully saturated rings. The van der Waals surface area contributed by atoms with E-state index in [0.29, 0.717) is 0 Å². The highest BCUT2D eigenvalue weighted by atomic mass is 32.1. The minimum absolute atomic E-state index is 1.22. The van der Waals surface area contributed by atoms with Crippen molar-refractivity contribution >= 4 is 53.3 Å². The van der Waals surface area contributed by atoms with Crippen LogP contribution in [-0.2, 0) is 0 Å². The number of benzene rings is 3. The van der Waals surface area contributed by atoms with Crippen LogP contribution >= 0.6 is 11.3 Å². The number of fused-ring (bicyclic) bond motifs is 7. The number of hydrogen-bond acceptors (Lipinski definition) is 1. The number of hydrogen-bond donors (Lipinski definition) is 1. The lowest BCUT2D eigenvalue weighted by Gasteiger charge is -1.97. The van der Waals surface area contributed by atoms with E-state index in [0.717, 1.165) is 0 Å². The third kappa shape index (κ3) is 1.53. The van der Waals surface area contributed by atoms with E-state index in [4.69, 9.17) is 0 Å². The highest BCUT2D eigenvalue weighted by Crippen LogP contribution is 2.40. The first-order valence-corrected chi connectivity index (χ1v) is 8.36. The van der Waals surface area contributed by atoms with Crippen molar-refractivity contribution in [3.8, 4) is 0 Å². The number of thiophene rings is 1. The van der Waals surface area contributed by atoms with Crippen molar-refractivity contribution in [2.75, 3.05) is 0 Å². The molecule has 1 N–H and O–H groups in total. The van der Waals surface area contributed by atoms with E-state index in [9.17, 15) is 0 Å². The zero-order valence-electron chi connectivity index (χ0n) is 12.5. The maximum Gasteiger partial charge on any atom is 0.0559 e. The molecule has 0 aliphatic rings. The largest absolute Gasteiger partial charge is 0.354 e. The predicted molar refractivity (Wildman–Crippen MR) is 98.2 cm³/mol. The lowest BCUT2D eigenvalue weighted by atomic mass is 10.1. The van der Waals surface area contributed by atoms with Gasteiger partial charge in [-0.1, -0.05) is 29.3 Å². The van der Waals surface area contributed by atoms with Crippen molar-refractivity contribution in [1.29, 1.82) is 0 Å². The van der Waals surface area contributed by atoms with E-state index in [1.807, 2.05) is 11.3 Å². The second-order valence-corrected chi connectivity index (χ2v) is 7.22. The van der Waals surface area contributed by atoms with Crippen molar-refractivity contribution in [2.45, 2.75) is 13.8 Å².